The first-order valence-electron chi connectivity index (χ1n) is 13.7. The number of benzene rings is 1. The standard InChI is InChI=1S/C32H38O8/c1-20-6-14-27-31(3,17-16-28(39-21(2)34)32(27,4)19-33)25(20)13-12-24-26(18-38-30(24)36)40-29(35)15-9-22-7-10-23(37-5)11-8-22/h7-12,15,19,25-28H,1,6,13-14,16-18H2,2-5H3/b15-9+,24-12+/t25-,26-,27+,28-,31+,32+/m1/s1. The van der Waals surface area contributed by atoms with E-state index in [0.29, 0.717) is 24.2 Å². The number of cyclic esters (lactones) is 1. The molecule has 0 amide bonds. The molecule has 0 bridgehead atoms. The van der Waals surface area contributed by atoms with E-state index in [4.69, 9.17) is 18.9 Å². The van der Waals surface area contributed by atoms with Crippen molar-refractivity contribution in [1.29, 1.82) is 0 Å². The molecule has 6 atom stereocenters. The molecule has 1 saturated heterocycles. The molecule has 4 rings (SSSR count). The highest BCUT2D eigenvalue weighted by Gasteiger charge is 2.59. The van der Waals surface area contributed by atoms with Crippen LogP contribution in [0.4, 0.5) is 0 Å². The van der Waals surface area contributed by atoms with Gasteiger partial charge < -0.3 is 23.7 Å². The summed E-state index contributed by atoms with van der Waals surface area (Å²) in [5.74, 6) is -0.777. The zero-order valence-corrected chi connectivity index (χ0v) is 23.6. The second-order valence-corrected chi connectivity index (χ2v) is 11.5. The maximum absolute atomic E-state index is 12.6. The second-order valence-electron chi connectivity index (χ2n) is 11.5. The Morgan fingerprint density at radius 3 is 2.52 bits per heavy atom. The lowest BCUT2D eigenvalue weighted by atomic mass is 9.46. The number of hydrogen-bond acceptors (Lipinski definition) is 8. The summed E-state index contributed by atoms with van der Waals surface area (Å²) in [4.78, 5) is 49.3. The second kappa shape index (κ2) is 11.8. The van der Waals surface area contributed by atoms with Crippen LogP contribution in [0.1, 0.15) is 58.4 Å². The van der Waals surface area contributed by atoms with E-state index in [9.17, 15) is 19.2 Å². The Morgan fingerprint density at radius 2 is 1.88 bits per heavy atom. The van der Waals surface area contributed by atoms with Crippen LogP contribution in [0.15, 0.2) is 54.1 Å². The van der Waals surface area contributed by atoms with E-state index in [2.05, 4.69) is 13.5 Å². The van der Waals surface area contributed by atoms with Crippen LogP contribution >= 0.6 is 0 Å². The number of rotatable bonds is 8. The van der Waals surface area contributed by atoms with Crippen LogP contribution < -0.4 is 4.74 Å². The van der Waals surface area contributed by atoms with Crippen molar-refractivity contribution < 1.29 is 38.1 Å². The first-order valence-corrected chi connectivity index (χ1v) is 13.7. The summed E-state index contributed by atoms with van der Waals surface area (Å²) in [5, 5.41) is 0. The Morgan fingerprint density at radius 1 is 1.15 bits per heavy atom. The van der Waals surface area contributed by atoms with E-state index < -0.39 is 29.6 Å². The van der Waals surface area contributed by atoms with E-state index in [1.807, 2.05) is 19.1 Å². The first-order chi connectivity index (χ1) is 19.0. The molecule has 2 saturated carbocycles. The minimum absolute atomic E-state index is 0.00368. The zero-order chi connectivity index (χ0) is 29.1. The summed E-state index contributed by atoms with van der Waals surface area (Å²) < 4.78 is 21.5. The monoisotopic (exact) mass is 550 g/mol. The molecule has 1 heterocycles. The molecular weight excluding hydrogens is 512 g/mol. The number of aldehydes is 1. The highest BCUT2D eigenvalue weighted by atomic mass is 16.6. The van der Waals surface area contributed by atoms with Crippen LogP contribution in [0, 0.1) is 22.7 Å². The van der Waals surface area contributed by atoms with Crippen molar-refractivity contribution >= 4 is 30.3 Å². The maximum Gasteiger partial charge on any atom is 0.337 e. The summed E-state index contributed by atoms with van der Waals surface area (Å²) in [6.45, 7) is 9.74. The van der Waals surface area contributed by atoms with E-state index in [-0.39, 0.29) is 29.8 Å². The molecule has 214 valence electrons. The molecule has 1 aliphatic heterocycles. The predicted molar refractivity (Wildman–Crippen MR) is 148 cm³/mol. The number of fused-ring (bicyclic) bond motifs is 1. The molecule has 1 aromatic carbocycles. The quantitative estimate of drug-likeness (QED) is 0.146. The number of carbonyl (C=O) groups excluding carboxylic acids is 4. The summed E-state index contributed by atoms with van der Waals surface area (Å²) in [6, 6.07) is 7.21. The minimum Gasteiger partial charge on any atom is -0.497 e. The predicted octanol–water partition coefficient (Wildman–Crippen LogP) is 5.01. The van der Waals surface area contributed by atoms with Crippen LogP contribution in [0.2, 0.25) is 0 Å². The average Bonchev–Trinajstić information content (AvgIpc) is 3.27. The minimum atomic E-state index is -0.814. The van der Waals surface area contributed by atoms with Crippen LogP contribution in [-0.2, 0) is 33.4 Å². The number of methoxy groups -OCH3 is 1. The van der Waals surface area contributed by atoms with Crippen molar-refractivity contribution in [1.82, 2.24) is 0 Å². The van der Waals surface area contributed by atoms with Gasteiger partial charge in [0.25, 0.3) is 0 Å². The van der Waals surface area contributed by atoms with Crippen molar-refractivity contribution in [2.75, 3.05) is 13.7 Å². The molecule has 0 radical (unpaired) electrons. The van der Waals surface area contributed by atoms with Gasteiger partial charge >= 0.3 is 17.9 Å². The van der Waals surface area contributed by atoms with Crippen molar-refractivity contribution in [2.24, 2.45) is 22.7 Å². The van der Waals surface area contributed by atoms with Gasteiger partial charge in [0.2, 0.25) is 0 Å². The summed E-state index contributed by atoms with van der Waals surface area (Å²) in [5.41, 5.74) is 1.09. The molecule has 0 N–H and O–H groups in total. The number of ether oxygens (including phenoxy) is 4. The van der Waals surface area contributed by atoms with Gasteiger partial charge in [0.05, 0.1) is 18.1 Å². The normalized spacial score (nSPS) is 32.9. The van der Waals surface area contributed by atoms with Gasteiger partial charge in [0, 0.05) is 13.0 Å². The molecule has 40 heavy (non-hydrogen) atoms. The van der Waals surface area contributed by atoms with Crippen LogP contribution in [0.3, 0.4) is 0 Å². The molecule has 3 aliphatic rings. The first kappa shape index (κ1) is 29.3. The van der Waals surface area contributed by atoms with Gasteiger partial charge in [-0.2, -0.15) is 0 Å². The molecule has 8 heteroatoms. The maximum atomic E-state index is 12.6. The third-order valence-corrected chi connectivity index (χ3v) is 9.10. The molecule has 8 nitrogen and oxygen atoms in total. The molecular formula is C32H38O8. The van der Waals surface area contributed by atoms with Crippen molar-refractivity contribution in [3.63, 3.8) is 0 Å². The molecule has 0 aromatic heterocycles. The van der Waals surface area contributed by atoms with Crippen LogP contribution in [-0.4, -0.2) is 50.1 Å². The van der Waals surface area contributed by atoms with Gasteiger partial charge in [-0.3, -0.25) is 4.79 Å². The molecule has 0 unspecified atom stereocenters. The van der Waals surface area contributed by atoms with E-state index in [1.54, 1.807) is 31.4 Å². The van der Waals surface area contributed by atoms with Gasteiger partial charge in [-0.05, 0) is 80.1 Å². The van der Waals surface area contributed by atoms with Crippen molar-refractivity contribution in [2.45, 2.75) is 65.1 Å². The lowest BCUT2D eigenvalue weighted by Crippen LogP contribution is -2.57. The third-order valence-electron chi connectivity index (χ3n) is 9.10. The number of allylic oxidation sites excluding steroid dienone is 2. The zero-order valence-electron chi connectivity index (χ0n) is 23.6. The van der Waals surface area contributed by atoms with E-state index in [0.717, 1.165) is 36.7 Å². The highest BCUT2D eigenvalue weighted by molar-refractivity contribution is 5.93. The Kier molecular flexibility index (Phi) is 8.66. The van der Waals surface area contributed by atoms with Crippen molar-refractivity contribution in [3.8, 4) is 5.75 Å². The Hall–Kier alpha value is -3.68. The van der Waals surface area contributed by atoms with E-state index >= 15 is 0 Å². The number of hydrogen-bond donors (Lipinski definition) is 0. The molecule has 2 aliphatic carbocycles. The lowest BCUT2D eigenvalue weighted by molar-refractivity contribution is -0.176. The average molecular weight is 551 g/mol. The third kappa shape index (κ3) is 5.76. The van der Waals surface area contributed by atoms with Gasteiger partial charge in [-0.1, -0.05) is 37.3 Å². The molecule has 1 aromatic rings. The lowest BCUT2D eigenvalue weighted by Gasteiger charge is -2.59. The number of carbonyl (C=O) groups is 4. The van der Waals surface area contributed by atoms with Crippen molar-refractivity contribution in [3.05, 3.63) is 59.7 Å². The molecule has 0 spiro atoms. The van der Waals surface area contributed by atoms with Gasteiger partial charge in [-0.15, -0.1) is 0 Å². The topological polar surface area (TPSA) is 105 Å². The van der Waals surface area contributed by atoms with Crippen LogP contribution in [0.25, 0.3) is 6.08 Å². The fourth-order valence-corrected chi connectivity index (χ4v) is 6.94. The smallest absolute Gasteiger partial charge is 0.337 e. The van der Waals surface area contributed by atoms with Crippen LogP contribution in [0.5, 0.6) is 5.75 Å². The fraction of sp³-hybridized carbons (Fsp3) is 0.500. The highest BCUT2D eigenvalue weighted by Crippen LogP contribution is 2.61. The summed E-state index contributed by atoms with van der Waals surface area (Å²) >= 11 is 0. The Bertz CT molecular complexity index is 1230. The van der Waals surface area contributed by atoms with E-state index in [1.165, 1.54) is 13.0 Å². The fourth-order valence-electron chi connectivity index (χ4n) is 6.94. The Labute approximate surface area is 235 Å². The molecule has 3 fully saturated rings. The SMILES string of the molecule is C=C1CC[C@@H]2[C@](C)(C=O)[C@H](OC(C)=O)CC[C@@]2(C)[C@@H]1C/C=C1/C(=O)OC[C@H]1OC(=O)/C=C/c1ccc(OC)cc1. The van der Waals surface area contributed by atoms with Gasteiger partial charge in [0.15, 0.2) is 6.10 Å². The van der Waals surface area contributed by atoms with Gasteiger partial charge in [0.1, 0.15) is 24.7 Å². The largest absolute Gasteiger partial charge is 0.497 e. The van der Waals surface area contributed by atoms with Gasteiger partial charge in [-0.25, -0.2) is 9.59 Å². The Balaban J connectivity index is 1.49. The summed E-state index contributed by atoms with van der Waals surface area (Å²) in [7, 11) is 1.58. The number of esters is 3. The summed E-state index contributed by atoms with van der Waals surface area (Å²) in [6.07, 6.45) is 7.78.